The van der Waals surface area contributed by atoms with Gasteiger partial charge in [0, 0.05) is 46.1 Å². The van der Waals surface area contributed by atoms with Gasteiger partial charge in [-0.15, -0.1) is 11.8 Å². The largest absolute Gasteiger partial charge is 0.398 e. The Morgan fingerprint density at radius 3 is 3.11 bits per heavy atom. The number of nitrogens with zero attached hydrogens (tertiary/aromatic N) is 1. The highest BCUT2D eigenvalue weighted by Crippen LogP contribution is 2.32. The molecule has 0 saturated carbocycles. The molecule has 2 heterocycles. The summed E-state index contributed by atoms with van der Waals surface area (Å²) in [6, 6.07) is 6.03. The predicted molar refractivity (Wildman–Crippen MR) is 75.9 cm³/mol. The van der Waals surface area contributed by atoms with Crippen molar-refractivity contribution >= 4 is 28.2 Å². The second-order valence-electron chi connectivity index (χ2n) is 4.52. The second-order valence-corrected chi connectivity index (χ2v) is 5.58. The first kappa shape index (κ1) is 11.8. The topological polar surface area (TPSA) is 48.1 Å². The van der Waals surface area contributed by atoms with Crippen molar-refractivity contribution in [3.63, 3.8) is 0 Å². The van der Waals surface area contributed by atoms with E-state index >= 15 is 0 Å². The van der Waals surface area contributed by atoms with Gasteiger partial charge in [0.15, 0.2) is 0 Å². The summed E-state index contributed by atoms with van der Waals surface area (Å²) < 4.78 is 5.65. The summed E-state index contributed by atoms with van der Waals surface area (Å²) in [7, 11) is 0. The van der Waals surface area contributed by atoms with Gasteiger partial charge in [0.05, 0.1) is 6.10 Å². The van der Waals surface area contributed by atoms with Crippen LogP contribution in [-0.4, -0.2) is 23.4 Å². The van der Waals surface area contributed by atoms with Crippen LogP contribution in [0.4, 0.5) is 5.69 Å². The van der Waals surface area contributed by atoms with Gasteiger partial charge in [-0.3, -0.25) is 4.98 Å². The van der Waals surface area contributed by atoms with Crippen molar-refractivity contribution in [1.82, 2.24) is 4.98 Å². The van der Waals surface area contributed by atoms with Gasteiger partial charge in [-0.25, -0.2) is 0 Å². The summed E-state index contributed by atoms with van der Waals surface area (Å²) in [4.78, 5) is 5.43. The number of nitrogens with two attached hydrogens (primary N) is 1. The molecule has 4 heteroatoms. The third-order valence-corrected chi connectivity index (χ3v) is 4.47. The second kappa shape index (κ2) is 5.16. The molecular weight excluding hydrogens is 244 g/mol. The first-order valence-electron chi connectivity index (χ1n) is 6.21. The number of benzene rings is 1. The van der Waals surface area contributed by atoms with Crippen LogP contribution in [0.2, 0.25) is 0 Å². The fourth-order valence-corrected chi connectivity index (χ4v) is 3.38. The van der Waals surface area contributed by atoms with E-state index in [1.165, 1.54) is 17.7 Å². The monoisotopic (exact) mass is 260 g/mol. The number of nitrogen functional groups attached to an aromatic ring is 1. The maximum atomic E-state index is 5.98. The Morgan fingerprint density at radius 1 is 1.33 bits per heavy atom. The molecule has 94 valence electrons. The molecule has 0 bridgehead atoms. The molecule has 0 amide bonds. The molecule has 1 saturated heterocycles. The summed E-state index contributed by atoms with van der Waals surface area (Å²) in [5.41, 5.74) is 6.80. The van der Waals surface area contributed by atoms with Gasteiger partial charge in [-0.2, -0.15) is 0 Å². The first-order valence-corrected chi connectivity index (χ1v) is 7.20. The summed E-state index contributed by atoms with van der Waals surface area (Å²) in [6.45, 7) is 0.912. The molecule has 1 fully saturated rings. The molecule has 0 spiro atoms. The lowest BCUT2D eigenvalue weighted by molar-refractivity contribution is 0.129. The lowest BCUT2D eigenvalue weighted by Gasteiger charge is -2.11. The molecule has 3 nitrogen and oxygen atoms in total. The maximum absolute atomic E-state index is 5.98. The number of thioether (sulfide) groups is 1. The predicted octanol–water partition coefficient (Wildman–Crippen LogP) is 3.09. The zero-order chi connectivity index (χ0) is 12.4. The standard InChI is InChI=1S/C14H16N2OS/c15-13-3-4-14(12-8-16-6-5-11(12)13)18-9-10-2-1-7-17-10/h3-6,8,10H,1-2,7,9,15H2. The molecule has 1 aliphatic rings. The van der Waals surface area contributed by atoms with Crippen molar-refractivity contribution in [2.75, 3.05) is 18.1 Å². The van der Waals surface area contributed by atoms with Crippen molar-refractivity contribution in [2.24, 2.45) is 0 Å². The SMILES string of the molecule is Nc1ccc(SCC2CCCO2)c2cnccc12. The fourth-order valence-electron chi connectivity index (χ4n) is 2.27. The number of aromatic nitrogens is 1. The molecular formula is C14H16N2OS. The van der Waals surface area contributed by atoms with Crippen LogP contribution in [0.5, 0.6) is 0 Å². The lowest BCUT2D eigenvalue weighted by Crippen LogP contribution is -2.07. The Balaban J connectivity index is 1.85. The third-order valence-electron chi connectivity index (χ3n) is 3.26. The highest BCUT2D eigenvalue weighted by atomic mass is 32.2. The van der Waals surface area contributed by atoms with Crippen molar-refractivity contribution in [3.8, 4) is 0 Å². The Morgan fingerprint density at radius 2 is 2.28 bits per heavy atom. The molecule has 1 aliphatic heterocycles. The van der Waals surface area contributed by atoms with E-state index in [0.29, 0.717) is 6.10 Å². The van der Waals surface area contributed by atoms with Crippen molar-refractivity contribution in [2.45, 2.75) is 23.8 Å². The summed E-state index contributed by atoms with van der Waals surface area (Å²) in [6.07, 6.45) is 6.45. The molecule has 1 aromatic carbocycles. The van der Waals surface area contributed by atoms with Crippen molar-refractivity contribution in [1.29, 1.82) is 0 Å². The molecule has 1 unspecified atom stereocenters. The molecule has 2 aromatic rings. The zero-order valence-electron chi connectivity index (χ0n) is 10.1. The van der Waals surface area contributed by atoms with Gasteiger partial charge in [0.2, 0.25) is 0 Å². The minimum atomic E-state index is 0.402. The van der Waals surface area contributed by atoms with Gasteiger partial charge in [-0.1, -0.05) is 0 Å². The van der Waals surface area contributed by atoms with E-state index in [4.69, 9.17) is 10.5 Å². The van der Waals surface area contributed by atoms with Crippen LogP contribution < -0.4 is 5.73 Å². The number of rotatable bonds is 3. The van der Waals surface area contributed by atoms with Gasteiger partial charge in [0.25, 0.3) is 0 Å². The fraction of sp³-hybridized carbons (Fsp3) is 0.357. The Labute approximate surface area is 111 Å². The summed E-state index contributed by atoms with van der Waals surface area (Å²) in [5.74, 6) is 1.01. The van der Waals surface area contributed by atoms with E-state index in [9.17, 15) is 0 Å². The van der Waals surface area contributed by atoms with Crippen molar-refractivity contribution < 1.29 is 4.74 Å². The molecule has 1 atom stereocenters. The van der Waals surface area contributed by atoms with E-state index in [2.05, 4.69) is 11.1 Å². The summed E-state index contributed by atoms with van der Waals surface area (Å²) >= 11 is 1.84. The van der Waals surface area contributed by atoms with Crippen LogP contribution in [0, 0.1) is 0 Å². The van der Waals surface area contributed by atoms with Crippen LogP contribution in [-0.2, 0) is 4.74 Å². The number of anilines is 1. The van der Waals surface area contributed by atoms with Crippen LogP contribution in [0.1, 0.15) is 12.8 Å². The van der Waals surface area contributed by atoms with Crippen LogP contribution >= 0.6 is 11.8 Å². The Kier molecular flexibility index (Phi) is 3.39. The van der Waals surface area contributed by atoms with Crippen molar-refractivity contribution in [3.05, 3.63) is 30.6 Å². The van der Waals surface area contributed by atoms with E-state index in [-0.39, 0.29) is 0 Å². The van der Waals surface area contributed by atoms with E-state index < -0.39 is 0 Å². The number of hydrogen-bond acceptors (Lipinski definition) is 4. The highest BCUT2D eigenvalue weighted by Gasteiger charge is 2.16. The molecule has 0 radical (unpaired) electrons. The van der Waals surface area contributed by atoms with Gasteiger partial charge in [-0.05, 0) is 31.0 Å². The molecule has 3 rings (SSSR count). The number of hydrogen-bond donors (Lipinski definition) is 1. The third kappa shape index (κ3) is 2.31. The quantitative estimate of drug-likeness (QED) is 0.680. The first-order chi connectivity index (χ1) is 8.84. The maximum Gasteiger partial charge on any atom is 0.0669 e. The lowest BCUT2D eigenvalue weighted by atomic mass is 10.1. The van der Waals surface area contributed by atoms with Crippen LogP contribution in [0.25, 0.3) is 10.8 Å². The van der Waals surface area contributed by atoms with Gasteiger partial charge in [0.1, 0.15) is 0 Å². The minimum Gasteiger partial charge on any atom is -0.398 e. The molecule has 1 aromatic heterocycles. The normalized spacial score (nSPS) is 19.4. The Hall–Kier alpha value is -1.26. The molecule has 0 aliphatic carbocycles. The molecule has 2 N–H and O–H groups in total. The smallest absolute Gasteiger partial charge is 0.0669 e. The highest BCUT2D eigenvalue weighted by molar-refractivity contribution is 7.99. The van der Waals surface area contributed by atoms with E-state index in [1.807, 2.05) is 30.1 Å². The van der Waals surface area contributed by atoms with Gasteiger partial charge < -0.3 is 10.5 Å². The van der Waals surface area contributed by atoms with E-state index in [0.717, 1.165) is 28.8 Å². The Bertz CT molecular complexity index is 552. The van der Waals surface area contributed by atoms with Crippen LogP contribution in [0.3, 0.4) is 0 Å². The molecule has 18 heavy (non-hydrogen) atoms. The summed E-state index contributed by atoms with van der Waals surface area (Å²) in [5, 5.41) is 2.22. The number of fused-ring (bicyclic) bond motifs is 1. The van der Waals surface area contributed by atoms with E-state index in [1.54, 1.807) is 6.20 Å². The van der Waals surface area contributed by atoms with Crippen LogP contribution in [0.15, 0.2) is 35.5 Å². The average molecular weight is 260 g/mol. The number of ether oxygens (including phenoxy) is 1. The zero-order valence-corrected chi connectivity index (χ0v) is 11.0. The number of pyridine rings is 1. The minimum absolute atomic E-state index is 0.402. The average Bonchev–Trinajstić information content (AvgIpc) is 2.92. The van der Waals surface area contributed by atoms with Gasteiger partial charge >= 0.3 is 0 Å².